The van der Waals surface area contributed by atoms with Crippen molar-refractivity contribution < 1.29 is 14.3 Å². The van der Waals surface area contributed by atoms with Crippen LogP contribution in [0.3, 0.4) is 0 Å². The van der Waals surface area contributed by atoms with Gasteiger partial charge in [0, 0.05) is 12.1 Å². The summed E-state index contributed by atoms with van der Waals surface area (Å²) in [5, 5.41) is 23.3. The number of nitriles is 1. The van der Waals surface area contributed by atoms with Crippen molar-refractivity contribution >= 4 is 0 Å². The second kappa shape index (κ2) is 3.42. The molecule has 5 heteroatoms. The van der Waals surface area contributed by atoms with Crippen molar-refractivity contribution in [2.45, 2.75) is 6.92 Å². The maximum Gasteiger partial charge on any atom is 0.340 e. The van der Waals surface area contributed by atoms with Gasteiger partial charge in [-0.2, -0.15) is 5.26 Å². The summed E-state index contributed by atoms with van der Waals surface area (Å²) in [6, 6.07) is 9.00. The standard InChI is InChI=1S/C10H7N3O2/c1-7-2-4-8(5-3-7)13-9(6-11)10(14)15-12-13/h2-5H,1H3. The van der Waals surface area contributed by atoms with Gasteiger partial charge in [0.15, 0.2) is 12.0 Å². The van der Waals surface area contributed by atoms with Gasteiger partial charge in [0.25, 0.3) is 0 Å². The van der Waals surface area contributed by atoms with Crippen LogP contribution in [0.25, 0.3) is 5.69 Å². The fourth-order valence-corrected chi connectivity index (χ4v) is 1.20. The molecule has 0 N–H and O–H groups in total. The van der Waals surface area contributed by atoms with Gasteiger partial charge in [0.2, 0.25) is 5.69 Å². The molecule has 0 bridgehead atoms. The van der Waals surface area contributed by atoms with Gasteiger partial charge in [-0.05, 0) is 11.6 Å². The van der Waals surface area contributed by atoms with Gasteiger partial charge in [0.05, 0.1) is 5.27 Å². The van der Waals surface area contributed by atoms with Gasteiger partial charge in [-0.15, -0.1) is 0 Å². The van der Waals surface area contributed by atoms with Gasteiger partial charge < -0.3 is 9.63 Å². The van der Waals surface area contributed by atoms with Crippen molar-refractivity contribution in [3.05, 3.63) is 35.5 Å². The molecule has 2 rings (SSSR count). The summed E-state index contributed by atoms with van der Waals surface area (Å²) in [6.45, 7) is 1.95. The molecule has 0 spiro atoms. The van der Waals surface area contributed by atoms with E-state index < -0.39 is 5.95 Å². The second-order valence-electron chi connectivity index (χ2n) is 3.07. The van der Waals surface area contributed by atoms with E-state index in [4.69, 9.17) is 5.26 Å². The lowest BCUT2D eigenvalue weighted by Gasteiger charge is -1.91. The topological polar surface area (TPSA) is 76.8 Å². The number of aromatic nitrogens is 2. The third-order valence-corrected chi connectivity index (χ3v) is 1.99. The molecule has 0 fully saturated rings. The highest BCUT2D eigenvalue weighted by Gasteiger charge is 2.19. The minimum atomic E-state index is -0.724. The molecule has 0 aliphatic carbocycles. The van der Waals surface area contributed by atoms with E-state index in [9.17, 15) is 5.11 Å². The first-order chi connectivity index (χ1) is 7.22. The SMILES string of the molecule is Cc1ccc(-[n+]2noc([O-])c2C#N)cc1. The lowest BCUT2D eigenvalue weighted by Crippen LogP contribution is -2.35. The van der Waals surface area contributed by atoms with Crippen LogP contribution in [-0.2, 0) is 0 Å². The van der Waals surface area contributed by atoms with Crippen LogP contribution >= 0.6 is 0 Å². The number of hydrogen-bond acceptors (Lipinski definition) is 4. The van der Waals surface area contributed by atoms with Crippen molar-refractivity contribution in [1.82, 2.24) is 5.27 Å². The molecule has 0 unspecified atom stereocenters. The Morgan fingerprint density at radius 3 is 2.67 bits per heavy atom. The lowest BCUT2D eigenvalue weighted by atomic mass is 10.2. The van der Waals surface area contributed by atoms with Crippen molar-refractivity contribution in [2.24, 2.45) is 0 Å². The Bertz CT molecular complexity index is 523. The maximum atomic E-state index is 11.0. The third kappa shape index (κ3) is 1.53. The Labute approximate surface area is 85.8 Å². The minimum Gasteiger partial charge on any atom is -0.538 e. The molecule has 0 aliphatic heterocycles. The first kappa shape index (κ1) is 9.21. The number of nitrogens with zero attached hydrogens (tertiary/aromatic N) is 3. The van der Waals surface area contributed by atoms with E-state index in [2.05, 4.69) is 9.79 Å². The van der Waals surface area contributed by atoms with Crippen molar-refractivity contribution in [3.63, 3.8) is 0 Å². The molecular weight excluding hydrogens is 194 g/mol. The number of aryl methyl sites for hydroxylation is 1. The summed E-state index contributed by atoms with van der Waals surface area (Å²) < 4.78 is 5.59. The molecule has 0 amide bonds. The Kier molecular flexibility index (Phi) is 2.10. The fourth-order valence-electron chi connectivity index (χ4n) is 1.20. The van der Waals surface area contributed by atoms with Gasteiger partial charge in [0.1, 0.15) is 0 Å². The molecule has 0 saturated heterocycles. The van der Waals surface area contributed by atoms with Gasteiger partial charge in [-0.25, -0.2) is 0 Å². The summed E-state index contributed by atoms with van der Waals surface area (Å²) >= 11 is 0. The highest BCUT2D eigenvalue weighted by atomic mass is 16.6. The highest BCUT2D eigenvalue weighted by Crippen LogP contribution is 2.09. The Hall–Kier alpha value is -2.35. The van der Waals surface area contributed by atoms with Crippen LogP contribution in [-0.4, -0.2) is 5.27 Å². The Morgan fingerprint density at radius 2 is 2.07 bits per heavy atom. The zero-order valence-electron chi connectivity index (χ0n) is 7.97. The maximum absolute atomic E-state index is 11.0. The summed E-state index contributed by atoms with van der Waals surface area (Å²) in [5.41, 5.74) is 1.59. The third-order valence-electron chi connectivity index (χ3n) is 1.99. The molecule has 2 aromatic rings. The van der Waals surface area contributed by atoms with E-state index in [1.807, 2.05) is 19.1 Å². The molecule has 74 valence electrons. The number of hydrogen-bond donors (Lipinski definition) is 0. The summed E-state index contributed by atoms with van der Waals surface area (Å²) in [7, 11) is 0. The monoisotopic (exact) mass is 201 g/mol. The van der Waals surface area contributed by atoms with E-state index in [0.29, 0.717) is 5.69 Å². The first-order valence-corrected chi connectivity index (χ1v) is 4.28. The molecule has 1 heterocycles. The summed E-state index contributed by atoms with van der Waals surface area (Å²) in [4.78, 5) is 0. The molecule has 15 heavy (non-hydrogen) atoms. The molecule has 5 nitrogen and oxygen atoms in total. The molecular formula is C10H7N3O2. The first-order valence-electron chi connectivity index (χ1n) is 4.28. The average Bonchev–Trinajstić information content (AvgIpc) is 2.61. The Balaban J connectivity index is 2.55. The molecule has 1 aromatic heterocycles. The van der Waals surface area contributed by atoms with Crippen LogP contribution in [0.1, 0.15) is 11.3 Å². The summed E-state index contributed by atoms with van der Waals surface area (Å²) in [6.07, 6.45) is 0. The molecule has 0 saturated carbocycles. The van der Waals surface area contributed by atoms with E-state index in [1.54, 1.807) is 18.2 Å². The van der Waals surface area contributed by atoms with Gasteiger partial charge in [-0.3, -0.25) is 0 Å². The smallest absolute Gasteiger partial charge is 0.340 e. The number of benzene rings is 1. The quantitative estimate of drug-likeness (QED) is 0.618. The fraction of sp³-hybridized carbons (Fsp3) is 0.100. The van der Waals surface area contributed by atoms with E-state index in [1.165, 1.54) is 4.68 Å². The number of rotatable bonds is 1. The zero-order valence-corrected chi connectivity index (χ0v) is 7.97. The van der Waals surface area contributed by atoms with Gasteiger partial charge >= 0.3 is 5.69 Å². The normalized spacial score (nSPS) is 9.87. The van der Waals surface area contributed by atoms with Crippen molar-refractivity contribution in [3.8, 4) is 17.7 Å². The average molecular weight is 201 g/mol. The van der Waals surface area contributed by atoms with Gasteiger partial charge in [-0.1, -0.05) is 17.7 Å². The van der Waals surface area contributed by atoms with E-state index >= 15 is 0 Å². The van der Waals surface area contributed by atoms with Crippen molar-refractivity contribution in [2.75, 3.05) is 0 Å². The molecule has 1 aromatic carbocycles. The van der Waals surface area contributed by atoms with E-state index in [0.717, 1.165) is 5.56 Å². The predicted octanol–water partition coefficient (Wildman–Crippen LogP) is 0.205. The Morgan fingerprint density at radius 1 is 1.40 bits per heavy atom. The highest BCUT2D eigenvalue weighted by molar-refractivity contribution is 5.29. The van der Waals surface area contributed by atoms with Crippen LogP contribution in [0.15, 0.2) is 28.8 Å². The van der Waals surface area contributed by atoms with Crippen LogP contribution in [0.5, 0.6) is 5.95 Å². The van der Waals surface area contributed by atoms with E-state index in [-0.39, 0.29) is 5.69 Å². The van der Waals surface area contributed by atoms with Crippen LogP contribution < -0.4 is 9.79 Å². The minimum absolute atomic E-state index is 0.126. The van der Waals surface area contributed by atoms with Crippen LogP contribution in [0, 0.1) is 18.3 Å². The van der Waals surface area contributed by atoms with Crippen molar-refractivity contribution in [1.29, 1.82) is 5.26 Å². The zero-order chi connectivity index (χ0) is 10.8. The molecule has 0 radical (unpaired) electrons. The van der Waals surface area contributed by atoms with Crippen LogP contribution in [0.2, 0.25) is 0 Å². The molecule has 0 aliphatic rings. The largest absolute Gasteiger partial charge is 0.538 e. The predicted molar refractivity (Wildman–Crippen MR) is 46.9 cm³/mol. The lowest BCUT2D eigenvalue weighted by molar-refractivity contribution is -0.672. The molecule has 0 atom stereocenters. The van der Waals surface area contributed by atoms with Crippen LogP contribution in [0.4, 0.5) is 0 Å². The summed E-state index contributed by atoms with van der Waals surface area (Å²) in [5.74, 6) is -0.724. The second-order valence-corrected chi connectivity index (χ2v) is 3.07.